The number of ether oxygens (including phenoxy) is 2. The van der Waals surface area contributed by atoms with Crippen LogP contribution in [0.15, 0.2) is 22.1 Å². The van der Waals surface area contributed by atoms with E-state index in [1.165, 1.54) is 7.11 Å². The standard InChI is InChI=1S/C20H23N5O4S/c1-28-16-5-6-17(23-22-16)29-13-7-8-24(10-13)18(26)9-12-11-30-20-21-15-4-2-3-14(15)19(27)25(12)20/h5-6,12-13H,2-4,7-11H2,1H3. The minimum atomic E-state index is -0.129. The number of rotatable bonds is 5. The second kappa shape index (κ2) is 7.90. The van der Waals surface area contributed by atoms with E-state index in [9.17, 15) is 9.59 Å². The van der Waals surface area contributed by atoms with Gasteiger partial charge in [-0.3, -0.25) is 14.2 Å². The highest BCUT2D eigenvalue weighted by Crippen LogP contribution is 2.34. The van der Waals surface area contributed by atoms with Crippen molar-refractivity contribution < 1.29 is 14.3 Å². The molecule has 2 unspecified atom stereocenters. The quantitative estimate of drug-likeness (QED) is 0.655. The molecule has 0 aromatic carbocycles. The summed E-state index contributed by atoms with van der Waals surface area (Å²) in [5.74, 6) is 1.61. The van der Waals surface area contributed by atoms with E-state index < -0.39 is 0 Å². The summed E-state index contributed by atoms with van der Waals surface area (Å²) in [5.41, 5.74) is 1.84. The molecule has 1 amide bonds. The monoisotopic (exact) mass is 429 g/mol. The van der Waals surface area contributed by atoms with Crippen molar-refractivity contribution >= 4 is 17.7 Å². The number of carbonyl (C=O) groups excluding carboxylic acids is 1. The molecule has 158 valence electrons. The van der Waals surface area contributed by atoms with Crippen molar-refractivity contribution in [1.82, 2.24) is 24.6 Å². The van der Waals surface area contributed by atoms with E-state index in [-0.39, 0.29) is 23.6 Å². The Labute approximate surface area is 177 Å². The first-order chi connectivity index (χ1) is 14.6. The summed E-state index contributed by atoms with van der Waals surface area (Å²) < 4.78 is 12.6. The Morgan fingerprint density at radius 3 is 2.90 bits per heavy atom. The maximum atomic E-state index is 12.9. The Bertz CT molecular complexity index is 1030. The molecule has 0 bridgehead atoms. The molecule has 0 radical (unpaired) electrons. The van der Waals surface area contributed by atoms with Crippen LogP contribution in [-0.2, 0) is 17.6 Å². The Morgan fingerprint density at radius 1 is 1.27 bits per heavy atom. The largest absolute Gasteiger partial charge is 0.480 e. The molecule has 3 aliphatic rings. The molecular formula is C20H23N5O4S. The fraction of sp³-hybridized carbons (Fsp3) is 0.550. The lowest BCUT2D eigenvalue weighted by atomic mass is 10.2. The zero-order valence-electron chi connectivity index (χ0n) is 16.7. The predicted molar refractivity (Wildman–Crippen MR) is 109 cm³/mol. The van der Waals surface area contributed by atoms with Crippen molar-refractivity contribution in [3.8, 4) is 11.8 Å². The van der Waals surface area contributed by atoms with Crippen LogP contribution in [0.2, 0.25) is 0 Å². The number of likely N-dealkylation sites (tertiary alicyclic amines) is 1. The van der Waals surface area contributed by atoms with Gasteiger partial charge in [-0.15, -0.1) is 10.2 Å². The van der Waals surface area contributed by atoms with E-state index in [0.29, 0.717) is 37.0 Å². The normalized spacial score (nSPS) is 22.1. The molecule has 0 spiro atoms. The first-order valence-electron chi connectivity index (χ1n) is 10.2. The van der Waals surface area contributed by atoms with Crippen molar-refractivity contribution in [1.29, 1.82) is 0 Å². The highest BCUT2D eigenvalue weighted by Gasteiger charge is 2.34. The third-order valence-electron chi connectivity index (χ3n) is 5.89. The van der Waals surface area contributed by atoms with E-state index in [4.69, 9.17) is 9.47 Å². The molecule has 10 heteroatoms. The van der Waals surface area contributed by atoms with E-state index in [2.05, 4.69) is 15.2 Å². The van der Waals surface area contributed by atoms with Crippen LogP contribution in [0.4, 0.5) is 0 Å². The van der Waals surface area contributed by atoms with E-state index in [1.54, 1.807) is 28.5 Å². The van der Waals surface area contributed by atoms with E-state index >= 15 is 0 Å². The van der Waals surface area contributed by atoms with Gasteiger partial charge < -0.3 is 14.4 Å². The summed E-state index contributed by atoms with van der Waals surface area (Å²) in [5, 5.41) is 8.64. The molecule has 9 nitrogen and oxygen atoms in total. The predicted octanol–water partition coefficient (Wildman–Crippen LogP) is 1.25. The molecule has 30 heavy (non-hydrogen) atoms. The molecule has 0 saturated carbocycles. The van der Waals surface area contributed by atoms with Gasteiger partial charge in [-0.2, -0.15) is 0 Å². The zero-order valence-corrected chi connectivity index (χ0v) is 17.6. The first kappa shape index (κ1) is 19.3. The highest BCUT2D eigenvalue weighted by atomic mass is 32.2. The molecule has 1 fully saturated rings. The number of hydrogen-bond donors (Lipinski definition) is 0. The van der Waals surface area contributed by atoms with Gasteiger partial charge in [0, 0.05) is 42.8 Å². The van der Waals surface area contributed by atoms with E-state index in [0.717, 1.165) is 42.1 Å². The summed E-state index contributed by atoms with van der Waals surface area (Å²) in [6, 6.07) is 3.27. The fourth-order valence-corrected chi connectivity index (χ4v) is 5.49. The second-order valence-corrected chi connectivity index (χ2v) is 8.79. The zero-order chi connectivity index (χ0) is 20.7. The SMILES string of the molecule is COc1ccc(OC2CCN(C(=O)CC3CSc4nc5c(c(=O)n43)CCC5)C2)nn1. The van der Waals surface area contributed by atoms with Crippen LogP contribution in [0.25, 0.3) is 0 Å². The van der Waals surface area contributed by atoms with Gasteiger partial charge in [0.2, 0.25) is 17.7 Å². The van der Waals surface area contributed by atoms with Gasteiger partial charge >= 0.3 is 0 Å². The van der Waals surface area contributed by atoms with Gasteiger partial charge in [0.1, 0.15) is 6.10 Å². The number of amides is 1. The number of fused-ring (bicyclic) bond motifs is 2. The van der Waals surface area contributed by atoms with Crippen molar-refractivity contribution in [2.75, 3.05) is 26.0 Å². The van der Waals surface area contributed by atoms with Crippen molar-refractivity contribution in [3.63, 3.8) is 0 Å². The van der Waals surface area contributed by atoms with Crippen LogP contribution in [0.1, 0.15) is 36.6 Å². The summed E-state index contributed by atoms with van der Waals surface area (Å²) in [4.78, 5) is 32.3. The van der Waals surface area contributed by atoms with Gasteiger partial charge in [0.25, 0.3) is 5.56 Å². The van der Waals surface area contributed by atoms with Gasteiger partial charge in [-0.1, -0.05) is 11.8 Å². The van der Waals surface area contributed by atoms with Crippen LogP contribution in [0.5, 0.6) is 11.8 Å². The number of nitrogens with zero attached hydrogens (tertiary/aromatic N) is 5. The average molecular weight is 430 g/mol. The lowest BCUT2D eigenvalue weighted by molar-refractivity contribution is -0.131. The van der Waals surface area contributed by atoms with Gasteiger partial charge in [-0.05, 0) is 19.3 Å². The van der Waals surface area contributed by atoms with Crippen molar-refractivity contribution in [3.05, 3.63) is 33.7 Å². The molecule has 1 saturated heterocycles. The first-order valence-corrected chi connectivity index (χ1v) is 11.2. The Hall–Kier alpha value is -2.62. The Balaban J connectivity index is 1.22. The summed E-state index contributed by atoms with van der Waals surface area (Å²) in [6.45, 7) is 1.15. The van der Waals surface area contributed by atoms with Crippen LogP contribution in [0, 0.1) is 0 Å². The van der Waals surface area contributed by atoms with Crippen molar-refractivity contribution in [2.24, 2.45) is 0 Å². The Kier molecular flexibility index (Phi) is 5.10. The Morgan fingerprint density at radius 2 is 2.10 bits per heavy atom. The van der Waals surface area contributed by atoms with Gasteiger partial charge in [-0.25, -0.2) is 4.98 Å². The van der Waals surface area contributed by atoms with E-state index in [1.807, 2.05) is 4.90 Å². The smallest absolute Gasteiger partial charge is 0.257 e. The maximum absolute atomic E-state index is 12.9. The number of thioether (sulfide) groups is 1. The van der Waals surface area contributed by atoms with Crippen LogP contribution < -0.4 is 15.0 Å². The minimum absolute atomic E-state index is 0.0489. The van der Waals surface area contributed by atoms with Crippen LogP contribution in [-0.4, -0.2) is 62.6 Å². The number of aryl methyl sites for hydroxylation is 1. The number of aromatic nitrogens is 4. The van der Waals surface area contributed by atoms with Gasteiger partial charge in [0.05, 0.1) is 25.4 Å². The minimum Gasteiger partial charge on any atom is -0.480 e. The number of methoxy groups -OCH3 is 1. The summed E-state index contributed by atoms with van der Waals surface area (Å²) in [7, 11) is 1.53. The fourth-order valence-electron chi connectivity index (χ4n) is 4.33. The third kappa shape index (κ3) is 3.53. The molecule has 2 aromatic rings. The van der Waals surface area contributed by atoms with Crippen LogP contribution in [0.3, 0.4) is 0 Å². The number of carbonyl (C=O) groups is 1. The molecule has 2 aliphatic heterocycles. The lowest BCUT2D eigenvalue weighted by Crippen LogP contribution is -2.35. The molecule has 4 heterocycles. The summed E-state index contributed by atoms with van der Waals surface area (Å²) >= 11 is 1.58. The summed E-state index contributed by atoms with van der Waals surface area (Å²) in [6.07, 6.45) is 3.61. The second-order valence-electron chi connectivity index (χ2n) is 7.80. The molecule has 1 aliphatic carbocycles. The topological polar surface area (TPSA) is 99.4 Å². The molecule has 2 atom stereocenters. The maximum Gasteiger partial charge on any atom is 0.257 e. The van der Waals surface area contributed by atoms with Crippen LogP contribution >= 0.6 is 11.8 Å². The molecule has 5 rings (SSSR count). The average Bonchev–Trinajstić information content (AvgIpc) is 3.49. The molecule has 2 aromatic heterocycles. The third-order valence-corrected chi connectivity index (χ3v) is 6.99. The molecular weight excluding hydrogens is 406 g/mol. The highest BCUT2D eigenvalue weighted by molar-refractivity contribution is 7.99. The van der Waals surface area contributed by atoms with Gasteiger partial charge in [0.15, 0.2) is 5.16 Å². The molecule has 0 N–H and O–H groups in total. The van der Waals surface area contributed by atoms with Crippen molar-refractivity contribution in [2.45, 2.75) is 49.4 Å². The lowest BCUT2D eigenvalue weighted by Gasteiger charge is -2.20. The number of hydrogen-bond acceptors (Lipinski definition) is 8.